The third-order valence-electron chi connectivity index (χ3n) is 3.31. The van der Waals surface area contributed by atoms with Gasteiger partial charge >= 0.3 is 6.18 Å². The zero-order valence-corrected chi connectivity index (χ0v) is 13.8. The first kappa shape index (κ1) is 19.1. The number of rotatable bonds is 5. The number of nitrogens with one attached hydrogen (secondary N) is 1. The Morgan fingerprint density at radius 3 is 2.50 bits per heavy atom. The number of amides is 1. The molecule has 2 aromatic rings. The molecule has 2 rings (SSSR count). The summed E-state index contributed by atoms with van der Waals surface area (Å²) in [6.07, 6.45) is -3.39. The number of carbonyl (C=O) groups excluding carboxylic acids is 1. The lowest BCUT2D eigenvalue weighted by atomic mass is 10.1. The van der Waals surface area contributed by atoms with Crippen LogP contribution in [0.1, 0.15) is 18.1 Å². The molecule has 0 aliphatic rings. The summed E-state index contributed by atoms with van der Waals surface area (Å²) >= 11 is 0. The van der Waals surface area contributed by atoms with Gasteiger partial charge in [0.1, 0.15) is 17.4 Å². The minimum atomic E-state index is -4.50. The smallest absolute Gasteiger partial charge is 0.416 e. The predicted molar refractivity (Wildman–Crippen MR) is 91.3 cm³/mol. The Morgan fingerprint density at radius 1 is 1.23 bits per heavy atom. The molecule has 7 heteroatoms. The number of alkyl halides is 3. The van der Waals surface area contributed by atoms with Crippen LogP contribution in [-0.2, 0) is 11.0 Å². The van der Waals surface area contributed by atoms with E-state index in [2.05, 4.69) is 5.32 Å². The molecular formula is C19H15F3N2O2. The molecule has 0 spiro atoms. The van der Waals surface area contributed by atoms with Crippen LogP contribution >= 0.6 is 0 Å². The summed E-state index contributed by atoms with van der Waals surface area (Å²) < 4.78 is 43.5. The SMILES string of the molecule is CCOc1ccc(NC(=O)/C(C#N)=C\c2cccc(C(F)(F)F)c2)cc1. The Bertz CT molecular complexity index is 850. The van der Waals surface area contributed by atoms with E-state index in [1.165, 1.54) is 12.1 Å². The quantitative estimate of drug-likeness (QED) is 0.624. The van der Waals surface area contributed by atoms with Crippen molar-refractivity contribution in [2.45, 2.75) is 13.1 Å². The lowest BCUT2D eigenvalue weighted by Gasteiger charge is -2.08. The van der Waals surface area contributed by atoms with Crippen LogP contribution in [0.25, 0.3) is 6.08 Å². The highest BCUT2D eigenvalue weighted by Crippen LogP contribution is 2.30. The maximum absolute atomic E-state index is 12.7. The molecule has 0 aliphatic carbocycles. The van der Waals surface area contributed by atoms with Crippen molar-refractivity contribution in [3.05, 3.63) is 65.2 Å². The number of ether oxygens (including phenoxy) is 1. The molecule has 0 saturated carbocycles. The van der Waals surface area contributed by atoms with Gasteiger partial charge in [0.25, 0.3) is 5.91 Å². The summed E-state index contributed by atoms with van der Waals surface area (Å²) in [5, 5.41) is 11.7. The van der Waals surface area contributed by atoms with E-state index < -0.39 is 17.6 Å². The highest BCUT2D eigenvalue weighted by molar-refractivity contribution is 6.09. The van der Waals surface area contributed by atoms with E-state index in [0.717, 1.165) is 18.2 Å². The molecule has 0 unspecified atom stereocenters. The maximum atomic E-state index is 12.7. The van der Waals surface area contributed by atoms with Gasteiger partial charge in [0, 0.05) is 5.69 Å². The van der Waals surface area contributed by atoms with Crippen molar-refractivity contribution in [1.82, 2.24) is 0 Å². The van der Waals surface area contributed by atoms with Crippen LogP contribution in [0.15, 0.2) is 54.1 Å². The number of nitriles is 1. The van der Waals surface area contributed by atoms with Crippen LogP contribution in [0.5, 0.6) is 5.75 Å². The van der Waals surface area contributed by atoms with E-state index in [0.29, 0.717) is 18.0 Å². The van der Waals surface area contributed by atoms with Gasteiger partial charge in [-0.2, -0.15) is 18.4 Å². The molecule has 134 valence electrons. The van der Waals surface area contributed by atoms with Crippen LogP contribution in [-0.4, -0.2) is 12.5 Å². The molecule has 0 atom stereocenters. The molecule has 0 saturated heterocycles. The van der Waals surface area contributed by atoms with Gasteiger partial charge in [-0.25, -0.2) is 0 Å². The van der Waals surface area contributed by atoms with Crippen LogP contribution < -0.4 is 10.1 Å². The fourth-order valence-electron chi connectivity index (χ4n) is 2.12. The highest BCUT2D eigenvalue weighted by atomic mass is 19.4. The average Bonchev–Trinajstić information content (AvgIpc) is 2.61. The second-order valence-electron chi connectivity index (χ2n) is 5.20. The van der Waals surface area contributed by atoms with Gasteiger partial charge < -0.3 is 10.1 Å². The van der Waals surface area contributed by atoms with E-state index in [1.54, 1.807) is 30.3 Å². The number of anilines is 1. The highest BCUT2D eigenvalue weighted by Gasteiger charge is 2.30. The van der Waals surface area contributed by atoms with Crippen LogP contribution in [0.4, 0.5) is 18.9 Å². The maximum Gasteiger partial charge on any atom is 0.416 e. The number of hydrogen-bond acceptors (Lipinski definition) is 3. The van der Waals surface area contributed by atoms with E-state index in [4.69, 9.17) is 10.00 Å². The molecule has 0 radical (unpaired) electrons. The Kier molecular flexibility index (Phi) is 6.02. The molecular weight excluding hydrogens is 345 g/mol. The third kappa shape index (κ3) is 5.11. The first-order valence-electron chi connectivity index (χ1n) is 7.66. The molecule has 0 aliphatic heterocycles. The fourth-order valence-corrected chi connectivity index (χ4v) is 2.12. The normalized spacial score (nSPS) is 11.6. The molecule has 2 aromatic carbocycles. The van der Waals surface area contributed by atoms with Gasteiger partial charge in [0.2, 0.25) is 0 Å². The molecule has 1 N–H and O–H groups in total. The summed E-state index contributed by atoms with van der Waals surface area (Å²) in [7, 11) is 0. The van der Waals surface area contributed by atoms with Crippen molar-refractivity contribution in [1.29, 1.82) is 5.26 Å². The van der Waals surface area contributed by atoms with Gasteiger partial charge in [0.15, 0.2) is 0 Å². The number of carbonyl (C=O) groups is 1. The fraction of sp³-hybridized carbons (Fsp3) is 0.158. The Labute approximate surface area is 148 Å². The molecule has 0 heterocycles. The Morgan fingerprint density at radius 2 is 1.92 bits per heavy atom. The van der Waals surface area contributed by atoms with Crippen LogP contribution in [0.3, 0.4) is 0 Å². The lowest BCUT2D eigenvalue weighted by molar-refractivity contribution is -0.137. The molecule has 4 nitrogen and oxygen atoms in total. The van der Waals surface area contributed by atoms with Crippen molar-refractivity contribution in [3.8, 4) is 11.8 Å². The third-order valence-corrected chi connectivity index (χ3v) is 3.31. The van der Waals surface area contributed by atoms with Crippen molar-refractivity contribution in [3.63, 3.8) is 0 Å². The Hall–Kier alpha value is -3.27. The summed E-state index contributed by atoms with van der Waals surface area (Å²) in [4.78, 5) is 12.2. The number of benzene rings is 2. The van der Waals surface area contributed by atoms with Gasteiger partial charge in [-0.1, -0.05) is 12.1 Å². The predicted octanol–water partition coefficient (Wildman–Crippen LogP) is 4.65. The van der Waals surface area contributed by atoms with E-state index in [1.807, 2.05) is 6.92 Å². The molecule has 0 fully saturated rings. The number of nitrogens with zero attached hydrogens (tertiary/aromatic N) is 1. The number of hydrogen-bond donors (Lipinski definition) is 1. The molecule has 0 bridgehead atoms. The average molecular weight is 360 g/mol. The lowest BCUT2D eigenvalue weighted by Crippen LogP contribution is -2.13. The first-order chi connectivity index (χ1) is 12.3. The van der Waals surface area contributed by atoms with Crippen LogP contribution in [0, 0.1) is 11.3 Å². The summed E-state index contributed by atoms with van der Waals surface area (Å²) in [6.45, 7) is 2.34. The summed E-state index contributed by atoms with van der Waals surface area (Å²) in [5.74, 6) is -0.0837. The van der Waals surface area contributed by atoms with Crippen molar-refractivity contribution in [2.24, 2.45) is 0 Å². The van der Waals surface area contributed by atoms with Crippen molar-refractivity contribution in [2.75, 3.05) is 11.9 Å². The second kappa shape index (κ2) is 8.21. The van der Waals surface area contributed by atoms with Crippen molar-refractivity contribution < 1.29 is 22.7 Å². The van der Waals surface area contributed by atoms with Gasteiger partial charge in [-0.15, -0.1) is 0 Å². The standard InChI is InChI=1S/C19H15F3N2O2/c1-2-26-17-8-6-16(7-9-17)24-18(25)14(12-23)10-13-4-3-5-15(11-13)19(20,21)22/h3-11H,2H2,1H3,(H,24,25)/b14-10-. The second-order valence-corrected chi connectivity index (χ2v) is 5.20. The minimum Gasteiger partial charge on any atom is -0.494 e. The largest absolute Gasteiger partial charge is 0.494 e. The van der Waals surface area contributed by atoms with Crippen LogP contribution in [0.2, 0.25) is 0 Å². The molecule has 26 heavy (non-hydrogen) atoms. The Balaban J connectivity index is 2.18. The number of halogens is 3. The molecule has 1 amide bonds. The van der Waals surface area contributed by atoms with Crippen molar-refractivity contribution >= 4 is 17.7 Å². The van der Waals surface area contributed by atoms with E-state index >= 15 is 0 Å². The van der Waals surface area contributed by atoms with Gasteiger partial charge in [-0.05, 0) is 55.0 Å². The van der Waals surface area contributed by atoms with Gasteiger partial charge in [0.05, 0.1) is 12.2 Å². The molecule has 0 aromatic heterocycles. The topological polar surface area (TPSA) is 62.1 Å². The van der Waals surface area contributed by atoms with E-state index in [-0.39, 0.29) is 11.1 Å². The minimum absolute atomic E-state index is 0.109. The summed E-state index contributed by atoms with van der Waals surface area (Å²) in [6, 6.07) is 12.6. The zero-order chi connectivity index (χ0) is 19.2. The van der Waals surface area contributed by atoms with Gasteiger partial charge in [-0.3, -0.25) is 4.79 Å². The zero-order valence-electron chi connectivity index (χ0n) is 13.8. The summed E-state index contributed by atoms with van der Waals surface area (Å²) in [5.41, 5.74) is -0.615. The van der Waals surface area contributed by atoms with E-state index in [9.17, 15) is 18.0 Å². The monoisotopic (exact) mass is 360 g/mol. The first-order valence-corrected chi connectivity index (χ1v) is 7.66.